The Balaban J connectivity index is 2.15. The van der Waals surface area contributed by atoms with Crippen LogP contribution in [0.5, 0.6) is 5.75 Å². The number of carbonyl (C=O) groups is 1. The van der Waals surface area contributed by atoms with Gasteiger partial charge in [0.2, 0.25) is 0 Å². The van der Waals surface area contributed by atoms with E-state index in [2.05, 4.69) is 5.32 Å². The van der Waals surface area contributed by atoms with Crippen LogP contribution in [0.25, 0.3) is 6.08 Å². The third-order valence-electron chi connectivity index (χ3n) is 3.89. The van der Waals surface area contributed by atoms with E-state index in [9.17, 15) is 10.1 Å². The Morgan fingerprint density at radius 2 is 2.00 bits per heavy atom. The molecular weight excluding hydrogens is 288 g/mol. The van der Waals surface area contributed by atoms with Gasteiger partial charge in [-0.05, 0) is 38.8 Å². The van der Waals surface area contributed by atoms with Gasteiger partial charge in [0.15, 0.2) is 0 Å². The molecule has 1 fully saturated rings. The number of nitrogens with zero attached hydrogens (tertiary/aromatic N) is 1. The largest absolute Gasteiger partial charge is 0.490 e. The van der Waals surface area contributed by atoms with E-state index in [1.165, 1.54) is 6.42 Å². The third-order valence-corrected chi connectivity index (χ3v) is 3.89. The fourth-order valence-corrected chi connectivity index (χ4v) is 2.78. The Morgan fingerprint density at radius 1 is 1.30 bits per heavy atom. The number of amides is 1. The van der Waals surface area contributed by atoms with Gasteiger partial charge in [-0.2, -0.15) is 5.26 Å². The summed E-state index contributed by atoms with van der Waals surface area (Å²) in [5.41, 5.74) is 0.868. The molecule has 1 amide bonds. The minimum Gasteiger partial charge on any atom is -0.490 e. The smallest absolute Gasteiger partial charge is 0.262 e. The van der Waals surface area contributed by atoms with E-state index in [1.54, 1.807) is 6.08 Å². The molecule has 1 aliphatic rings. The zero-order valence-electron chi connectivity index (χ0n) is 13.8. The highest BCUT2D eigenvalue weighted by atomic mass is 16.5. The van der Waals surface area contributed by atoms with Crippen LogP contribution in [0.3, 0.4) is 0 Å². The van der Waals surface area contributed by atoms with Crippen LogP contribution in [-0.2, 0) is 4.79 Å². The van der Waals surface area contributed by atoms with Gasteiger partial charge in [0.25, 0.3) is 5.91 Å². The van der Waals surface area contributed by atoms with Crippen molar-refractivity contribution in [3.05, 3.63) is 35.4 Å². The molecule has 4 nitrogen and oxygen atoms in total. The Labute approximate surface area is 138 Å². The number of carbonyl (C=O) groups excluding carboxylic acids is 1. The zero-order valence-corrected chi connectivity index (χ0v) is 13.8. The number of rotatable bonds is 5. The molecule has 1 saturated carbocycles. The van der Waals surface area contributed by atoms with E-state index < -0.39 is 0 Å². The SMILES string of the molecule is CC(C)Oc1ccccc1/C=C(\C#N)C(=O)NC1CCCCC1. The van der Waals surface area contributed by atoms with Crippen molar-refractivity contribution in [2.24, 2.45) is 0 Å². The van der Waals surface area contributed by atoms with Gasteiger partial charge in [0.05, 0.1) is 6.10 Å². The van der Waals surface area contributed by atoms with Gasteiger partial charge in [-0.25, -0.2) is 0 Å². The molecule has 0 spiro atoms. The maximum atomic E-state index is 12.3. The highest BCUT2D eigenvalue weighted by Gasteiger charge is 2.18. The second-order valence-corrected chi connectivity index (χ2v) is 6.18. The molecule has 23 heavy (non-hydrogen) atoms. The quantitative estimate of drug-likeness (QED) is 0.664. The second-order valence-electron chi connectivity index (χ2n) is 6.18. The summed E-state index contributed by atoms with van der Waals surface area (Å²) in [6.07, 6.45) is 7.15. The predicted molar refractivity (Wildman–Crippen MR) is 90.8 cm³/mol. The van der Waals surface area contributed by atoms with Crippen LogP contribution in [0.4, 0.5) is 0 Å². The molecule has 0 heterocycles. The van der Waals surface area contributed by atoms with Crippen LogP contribution >= 0.6 is 0 Å². The fraction of sp³-hybridized carbons (Fsp3) is 0.474. The first-order valence-corrected chi connectivity index (χ1v) is 8.28. The van der Waals surface area contributed by atoms with Crippen LogP contribution in [0, 0.1) is 11.3 Å². The van der Waals surface area contributed by atoms with Crippen molar-refractivity contribution in [3.8, 4) is 11.8 Å². The molecule has 0 radical (unpaired) electrons. The Morgan fingerprint density at radius 3 is 2.65 bits per heavy atom. The number of nitrogens with one attached hydrogen (secondary N) is 1. The van der Waals surface area contributed by atoms with Crippen molar-refractivity contribution < 1.29 is 9.53 Å². The average Bonchev–Trinajstić information content (AvgIpc) is 2.54. The average molecular weight is 312 g/mol. The zero-order chi connectivity index (χ0) is 16.7. The van der Waals surface area contributed by atoms with Gasteiger partial charge in [-0.3, -0.25) is 4.79 Å². The summed E-state index contributed by atoms with van der Waals surface area (Å²) in [6, 6.07) is 9.65. The molecule has 4 heteroatoms. The first kappa shape index (κ1) is 17.1. The Hall–Kier alpha value is -2.28. The number of para-hydroxylation sites is 1. The first-order valence-electron chi connectivity index (χ1n) is 8.28. The lowest BCUT2D eigenvalue weighted by molar-refractivity contribution is -0.117. The minimum atomic E-state index is -0.293. The van der Waals surface area contributed by atoms with Crippen molar-refractivity contribution in [2.75, 3.05) is 0 Å². The molecule has 0 saturated heterocycles. The molecule has 1 aromatic rings. The van der Waals surface area contributed by atoms with Crippen LogP contribution in [-0.4, -0.2) is 18.1 Å². The summed E-state index contributed by atoms with van der Waals surface area (Å²) in [5, 5.41) is 12.3. The fourth-order valence-electron chi connectivity index (χ4n) is 2.78. The molecule has 0 bridgehead atoms. The predicted octanol–water partition coefficient (Wildman–Crippen LogP) is 3.83. The van der Waals surface area contributed by atoms with Crippen molar-refractivity contribution in [1.29, 1.82) is 5.26 Å². The van der Waals surface area contributed by atoms with E-state index in [-0.39, 0.29) is 23.6 Å². The monoisotopic (exact) mass is 312 g/mol. The number of benzene rings is 1. The lowest BCUT2D eigenvalue weighted by atomic mass is 9.95. The Bertz CT molecular complexity index is 608. The van der Waals surface area contributed by atoms with Crippen LogP contribution < -0.4 is 10.1 Å². The lowest BCUT2D eigenvalue weighted by Crippen LogP contribution is -2.36. The third kappa shape index (κ3) is 5.14. The summed E-state index contributed by atoms with van der Waals surface area (Å²) in [7, 11) is 0. The van der Waals surface area contributed by atoms with Gasteiger partial charge in [0.1, 0.15) is 17.4 Å². The topological polar surface area (TPSA) is 62.1 Å². The second kappa shape index (κ2) is 8.38. The number of ether oxygens (including phenoxy) is 1. The van der Waals surface area contributed by atoms with Gasteiger partial charge in [-0.15, -0.1) is 0 Å². The highest BCUT2D eigenvalue weighted by Crippen LogP contribution is 2.23. The van der Waals surface area contributed by atoms with E-state index in [0.717, 1.165) is 31.2 Å². The number of nitriles is 1. The van der Waals surface area contributed by atoms with Crippen molar-refractivity contribution in [1.82, 2.24) is 5.32 Å². The van der Waals surface area contributed by atoms with Crippen molar-refractivity contribution in [2.45, 2.75) is 58.1 Å². The summed E-state index contributed by atoms with van der Waals surface area (Å²) < 4.78 is 5.73. The maximum Gasteiger partial charge on any atom is 0.262 e. The Kier molecular flexibility index (Phi) is 6.22. The van der Waals surface area contributed by atoms with E-state index in [1.807, 2.05) is 44.2 Å². The first-order chi connectivity index (χ1) is 11.1. The summed E-state index contributed by atoms with van der Waals surface area (Å²) in [5.74, 6) is 0.388. The van der Waals surface area contributed by atoms with E-state index in [0.29, 0.717) is 5.75 Å². The summed E-state index contributed by atoms with van der Waals surface area (Å²) in [4.78, 5) is 12.3. The molecule has 122 valence electrons. The molecule has 0 atom stereocenters. The molecule has 0 aliphatic heterocycles. The molecule has 1 aromatic carbocycles. The molecule has 0 unspecified atom stereocenters. The van der Waals surface area contributed by atoms with Crippen LogP contribution in [0.15, 0.2) is 29.8 Å². The van der Waals surface area contributed by atoms with Crippen molar-refractivity contribution >= 4 is 12.0 Å². The lowest BCUT2D eigenvalue weighted by Gasteiger charge is -2.22. The number of hydrogen-bond donors (Lipinski definition) is 1. The van der Waals surface area contributed by atoms with Gasteiger partial charge < -0.3 is 10.1 Å². The maximum absolute atomic E-state index is 12.3. The van der Waals surface area contributed by atoms with Crippen LogP contribution in [0.1, 0.15) is 51.5 Å². The summed E-state index contributed by atoms with van der Waals surface area (Å²) >= 11 is 0. The molecule has 1 N–H and O–H groups in total. The van der Waals surface area contributed by atoms with E-state index in [4.69, 9.17) is 4.74 Å². The van der Waals surface area contributed by atoms with Crippen LogP contribution in [0.2, 0.25) is 0 Å². The summed E-state index contributed by atoms with van der Waals surface area (Å²) in [6.45, 7) is 3.89. The van der Waals surface area contributed by atoms with E-state index >= 15 is 0 Å². The standard InChI is InChI=1S/C19H24N2O2/c1-14(2)23-18-11-7-6-8-15(18)12-16(13-20)19(22)21-17-9-4-3-5-10-17/h6-8,11-12,14,17H,3-5,9-10H2,1-2H3,(H,21,22)/b16-12+. The van der Waals surface area contributed by atoms with Gasteiger partial charge in [-0.1, -0.05) is 37.5 Å². The minimum absolute atomic E-state index is 0.0335. The highest BCUT2D eigenvalue weighted by molar-refractivity contribution is 6.02. The number of hydrogen-bond acceptors (Lipinski definition) is 3. The molecule has 2 rings (SSSR count). The van der Waals surface area contributed by atoms with Gasteiger partial charge in [0, 0.05) is 11.6 Å². The molecule has 0 aromatic heterocycles. The molecular formula is C19H24N2O2. The normalized spacial score (nSPS) is 16.0. The van der Waals surface area contributed by atoms with Crippen molar-refractivity contribution in [3.63, 3.8) is 0 Å². The van der Waals surface area contributed by atoms with Gasteiger partial charge >= 0.3 is 0 Å². The molecule has 1 aliphatic carbocycles.